The Morgan fingerprint density at radius 1 is 1.23 bits per heavy atom. The number of carbonyl (C=O) groups excluding carboxylic acids is 1. The normalized spacial score (nSPS) is 14.3. The Bertz CT molecular complexity index is 479. The summed E-state index contributed by atoms with van der Waals surface area (Å²) < 4.78 is 6.63. The van der Waals surface area contributed by atoms with Crippen LogP contribution < -0.4 is 0 Å². The van der Waals surface area contributed by atoms with Crippen LogP contribution in [0.5, 0.6) is 0 Å². The predicted molar refractivity (Wildman–Crippen MR) is 95.0 cm³/mol. The van der Waals surface area contributed by atoms with Crippen LogP contribution in [0, 0.1) is 5.92 Å². The molecule has 1 amide bonds. The minimum absolute atomic E-state index is 0.0167. The molecule has 3 nitrogen and oxygen atoms in total. The number of halogens is 1. The molecule has 1 aromatic carbocycles. The number of hydrogen-bond acceptors (Lipinski definition) is 2. The van der Waals surface area contributed by atoms with Crippen LogP contribution >= 0.6 is 15.9 Å². The fourth-order valence-electron chi connectivity index (χ4n) is 2.10. The zero-order chi connectivity index (χ0) is 16.9. The summed E-state index contributed by atoms with van der Waals surface area (Å²) in [5, 5.41) is 0. The fraction of sp³-hybridized carbons (Fsp3) is 0.611. The summed E-state index contributed by atoms with van der Waals surface area (Å²) in [5.74, 6) is 0.436. The molecule has 0 heterocycles. The summed E-state index contributed by atoms with van der Waals surface area (Å²) in [6.45, 7) is 12.7. The van der Waals surface area contributed by atoms with Gasteiger partial charge in [0.15, 0.2) is 0 Å². The molecule has 0 unspecified atom stereocenters. The smallest absolute Gasteiger partial charge is 0.410 e. The number of amides is 1. The summed E-state index contributed by atoms with van der Waals surface area (Å²) in [6.07, 6.45) is 0.787. The highest BCUT2D eigenvalue weighted by Gasteiger charge is 2.27. The molecule has 2 atom stereocenters. The molecule has 0 aliphatic heterocycles. The first kappa shape index (κ1) is 19.0. The number of benzene rings is 1. The molecule has 0 N–H and O–H groups in total. The first-order valence-corrected chi connectivity index (χ1v) is 8.68. The molecule has 0 aromatic heterocycles. The molecule has 0 spiro atoms. The van der Waals surface area contributed by atoms with E-state index in [4.69, 9.17) is 4.74 Å². The third kappa shape index (κ3) is 5.99. The van der Waals surface area contributed by atoms with Gasteiger partial charge in [-0.2, -0.15) is 0 Å². The molecule has 0 aliphatic carbocycles. The van der Waals surface area contributed by atoms with Gasteiger partial charge < -0.3 is 9.64 Å². The van der Waals surface area contributed by atoms with Crippen LogP contribution in [0.25, 0.3) is 0 Å². The molecular formula is C18H28BrNO2. The highest BCUT2D eigenvalue weighted by molar-refractivity contribution is 9.10. The van der Waals surface area contributed by atoms with Crippen molar-refractivity contribution in [2.45, 2.75) is 59.6 Å². The minimum Gasteiger partial charge on any atom is -0.444 e. The maximum absolute atomic E-state index is 12.6. The quantitative estimate of drug-likeness (QED) is 0.656. The van der Waals surface area contributed by atoms with Crippen molar-refractivity contribution >= 4 is 22.0 Å². The summed E-state index contributed by atoms with van der Waals surface area (Å²) in [7, 11) is 0. The zero-order valence-corrected chi connectivity index (χ0v) is 16.1. The SMILES string of the molecule is CC[C@H](C)CN(C(=O)OC(C)(C)C)[C@H](C)c1ccc(Br)cc1. The summed E-state index contributed by atoms with van der Waals surface area (Å²) in [6, 6.07) is 8.08. The van der Waals surface area contributed by atoms with Crippen LogP contribution in [-0.4, -0.2) is 23.1 Å². The van der Waals surface area contributed by atoms with E-state index >= 15 is 0 Å². The maximum Gasteiger partial charge on any atom is 0.410 e. The second-order valence-electron chi connectivity index (χ2n) is 6.87. The largest absolute Gasteiger partial charge is 0.444 e. The average Bonchev–Trinajstić information content (AvgIpc) is 2.42. The van der Waals surface area contributed by atoms with Gasteiger partial charge in [-0.3, -0.25) is 0 Å². The van der Waals surface area contributed by atoms with E-state index < -0.39 is 5.60 Å². The highest BCUT2D eigenvalue weighted by atomic mass is 79.9. The summed E-state index contributed by atoms with van der Waals surface area (Å²) >= 11 is 3.45. The van der Waals surface area contributed by atoms with Gasteiger partial charge in [0.2, 0.25) is 0 Å². The minimum atomic E-state index is -0.482. The van der Waals surface area contributed by atoms with Crippen LogP contribution in [0.4, 0.5) is 4.79 Å². The maximum atomic E-state index is 12.6. The van der Waals surface area contributed by atoms with Crippen molar-refractivity contribution in [3.63, 3.8) is 0 Å². The van der Waals surface area contributed by atoms with E-state index in [1.807, 2.05) is 49.9 Å². The van der Waals surface area contributed by atoms with Gasteiger partial charge in [0.1, 0.15) is 5.60 Å². The number of carbonyl (C=O) groups is 1. The van der Waals surface area contributed by atoms with Crippen molar-refractivity contribution in [1.82, 2.24) is 4.90 Å². The first-order chi connectivity index (χ1) is 10.1. The lowest BCUT2D eigenvalue weighted by Gasteiger charge is -2.33. The third-order valence-electron chi connectivity index (χ3n) is 3.65. The molecule has 1 aromatic rings. The molecule has 124 valence electrons. The van der Waals surface area contributed by atoms with E-state index in [-0.39, 0.29) is 12.1 Å². The van der Waals surface area contributed by atoms with Gasteiger partial charge in [-0.15, -0.1) is 0 Å². The molecule has 0 saturated carbocycles. The van der Waals surface area contributed by atoms with Crippen molar-refractivity contribution in [3.8, 4) is 0 Å². The molecule has 22 heavy (non-hydrogen) atoms. The number of hydrogen-bond donors (Lipinski definition) is 0. The van der Waals surface area contributed by atoms with E-state index in [9.17, 15) is 4.79 Å². The lowest BCUT2D eigenvalue weighted by atomic mass is 10.0. The summed E-state index contributed by atoms with van der Waals surface area (Å²) in [5.41, 5.74) is 0.627. The highest BCUT2D eigenvalue weighted by Crippen LogP contribution is 2.25. The van der Waals surface area contributed by atoms with Crippen LogP contribution in [0.1, 0.15) is 59.6 Å². The molecule has 0 aliphatic rings. The Kier molecular flexibility index (Phi) is 6.92. The van der Waals surface area contributed by atoms with E-state index in [0.29, 0.717) is 12.5 Å². The van der Waals surface area contributed by atoms with E-state index in [2.05, 4.69) is 36.7 Å². The molecule has 0 fully saturated rings. The van der Waals surface area contributed by atoms with E-state index in [1.54, 1.807) is 0 Å². The van der Waals surface area contributed by atoms with Crippen LogP contribution in [0.15, 0.2) is 28.7 Å². The topological polar surface area (TPSA) is 29.5 Å². The average molecular weight is 370 g/mol. The molecule has 1 rings (SSSR count). The van der Waals surface area contributed by atoms with Crippen molar-refractivity contribution < 1.29 is 9.53 Å². The van der Waals surface area contributed by atoms with E-state index in [0.717, 1.165) is 16.5 Å². The standard InChI is InChI=1S/C18H28BrNO2/c1-7-13(2)12-20(17(21)22-18(4,5)6)14(3)15-8-10-16(19)11-9-15/h8-11,13-14H,7,12H2,1-6H3/t13-,14+/m0/s1. The van der Waals surface area contributed by atoms with Gasteiger partial charge in [-0.1, -0.05) is 48.3 Å². The lowest BCUT2D eigenvalue weighted by molar-refractivity contribution is 0.0141. The molecule has 4 heteroatoms. The lowest BCUT2D eigenvalue weighted by Crippen LogP contribution is -2.40. The van der Waals surface area contributed by atoms with Gasteiger partial charge in [0, 0.05) is 11.0 Å². The van der Waals surface area contributed by atoms with Gasteiger partial charge in [0.05, 0.1) is 6.04 Å². The van der Waals surface area contributed by atoms with Crippen molar-refractivity contribution in [2.24, 2.45) is 5.92 Å². The van der Waals surface area contributed by atoms with Gasteiger partial charge in [-0.25, -0.2) is 4.79 Å². The molecule has 0 saturated heterocycles. The zero-order valence-electron chi connectivity index (χ0n) is 14.5. The van der Waals surface area contributed by atoms with Crippen molar-refractivity contribution in [1.29, 1.82) is 0 Å². The van der Waals surface area contributed by atoms with Crippen LogP contribution in [-0.2, 0) is 4.74 Å². The number of nitrogens with zero attached hydrogens (tertiary/aromatic N) is 1. The predicted octanol–water partition coefficient (Wildman–Crippen LogP) is 5.79. The first-order valence-electron chi connectivity index (χ1n) is 7.89. The monoisotopic (exact) mass is 369 g/mol. The Labute approximate surface area is 143 Å². The van der Waals surface area contributed by atoms with Gasteiger partial charge in [0.25, 0.3) is 0 Å². The Balaban J connectivity index is 2.97. The second kappa shape index (κ2) is 8.00. The van der Waals surface area contributed by atoms with Crippen molar-refractivity contribution in [3.05, 3.63) is 34.3 Å². The number of rotatable bonds is 5. The Morgan fingerprint density at radius 2 is 1.77 bits per heavy atom. The second-order valence-corrected chi connectivity index (χ2v) is 7.79. The molecule has 0 bridgehead atoms. The summed E-state index contributed by atoms with van der Waals surface area (Å²) in [4.78, 5) is 14.4. The fourth-order valence-corrected chi connectivity index (χ4v) is 2.36. The van der Waals surface area contributed by atoms with E-state index in [1.165, 1.54) is 0 Å². The van der Waals surface area contributed by atoms with Gasteiger partial charge in [-0.05, 0) is 51.3 Å². The third-order valence-corrected chi connectivity index (χ3v) is 4.18. The Hall–Kier alpha value is -1.03. The van der Waals surface area contributed by atoms with Crippen molar-refractivity contribution in [2.75, 3.05) is 6.54 Å². The molecule has 0 radical (unpaired) electrons. The number of ether oxygens (including phenoxy) is 1. The van der Waals surface area contributed by atoms with Crippen LogP contribution in [0.3, 0.4) is 0 Å². The Morgan fingerprint density at radius 3 is 2.23 bits per heavy atom. The van der Waals surface area contributed by atoms with Gasteiger partial charge >= 0.3 is 6.09 Å². The molecular weight excluding hydrogens is 342 g/mol. The van der Waals surface area contributed by atoms with Crippen LogP contribution in [0.2, 0.25) is 0 Å².